The fourth-order valence-corrected chi connectivity index (χ4v) is 3.05. The highest BCUT2D eigenvalue weighted by molar-refractivity contribution is 6.08. The Balaban J connectivity index is 1.89. The molecule has 0 atom stereocenters. The third-order valence-corrected chi connectivity index (χ3v) is 4.84. The van der Waals surface area contributed by atoms with E-state index in [-0.39, 0.29) is 16.9 Å². The van der Waals surface area contributed by atoms with Crippen molar-refractivity contribution in [1.82, 2.24) is 0 Å². The van der Waals surface area contributed by atoms with Crippen LogP contribution >= 0.6 is 0 Å². The molecule has 1 amide bonds. The molecule has 0 heterocycles. The standard InChI is InChI=1S/C23H20F3N3O3/c1-2-15-4-3-5-17(9-6-15)27-21-13-12-19(29(31)32)14-20(21)22(30)28-18-10-7-16(8-11-18)23(24,25)26/h3,5-14,27H,2,4H2,1H3,(H,28,30). The molecule has 3 rings (SSSR count). The van der Waals surface area contributed by atoms with Gasteiger partial charge in [-0.25, -0.2) is 0 Å². The van der Waals surface area contributed by atoms with E-state index in [2.05, 4.69) is 10.6 Å². The lowest BCUT2D eigenvalue weighted by Gasteiger charge is -2.13. The van der Waals surface area contributed by atoms with Gasteiger partial charge >= 0.3 is 6.18 Å². The minimum absolute atomic E-state index is 0.0164. The number of nitro groups is 1. The number of allylic oxidation sites excluding steroid dienone is 5. The minimum Gasteiger partial charge on any atom is -0.355 e. The zero-order valence-electron chi connectivity index (χ0n) is 17.1. The van der Waals surface area contributed by atoms with Gasteiger partial charge in [-0.05, 0) is 55.3 Å². The summed E-state index contributed by atoms with van der Waals surface area (Å²) in [5, 5.41) is 16.8. The van der Waals surface area contributed by atoms with Crippen LogP contribution in [0.4, 0.5) is 30.2 Å². The fraction of sp³-hybridized carbons (Fsp3) is 0.174. The Morgan fingerprint density at radius 3 is 2.47 bits per heavy atom. The molecule has 0 aliphatic heterocycles. The van der Waals surface area contributed by atoms with Gasteiger partial charge in [0.05, 0.1) is 21.7 Å². The summed E-state index contributed by atoms with van der Waals surface area (Å²) in [7, 11) is 0. The van der Waals surface area contributed by atoms with Gasteiger partial charge < -0.3 is 10.6 Å². The van der Waals surface area contributed by atoms with E-state index in [9.17, 15) is 28.1 Å². The summed E-state index contributed by atoms with van der Waals surface area (Å²) in [5.74, 6) is -0.695. The van der Waals surface area contributed by atoms with Crippen molar-refractivity contribution >= 4 is 23.0 Å². The van der Waals surface area contributed by atoms with E-state index < -0.39 is 22.6 Å². The van der Waals surface area contributed by atoms with Gasteiger partial charge in [-0.1, -0.05) is 24.6 Å². The molecular weight excluding hydrogens is 423 g/mol. The van der Waals surface area contributed by atoms with Crippen LogP contribution in [0.15, 0.2) is 78.0 Å². The first-order chi connectivity index (χ1) is 15.2. The lowest BCUT2D eigenvalue weighted by atomic mass is 10.1. The summed E-state index contributed by atoms with van der Waals surface area (Å²) in [4.78, 5) is 23.4. The van der Waals surface area contributed by atoms with E-state index in [1.54, 1.807) is 0 Å². The molecule has 1 aliphatic carbocycles. The second kappa shape index (κ2) is 9.51. The number of hydrogen-bond donors (Lipinski definition) is 2. The Morgan fingerprint density at radius 2 is 1.84 bits per heavy atom. The molecule has 0 radical (unpaired) electrons. The zero-order valence-corrected chi connectivity index (χ0v) is 17.1. The molecule has 0 saturated heterocycles. The number of carbonyl (C=O) groups excluding carboxylic acids is 1. The number of nitro benzene ring substituents is 1. The Labute approximate surface area is 182 Å². The van der Waals surface area contributed by atoms with Crippen molar-refractivity contribution in [2.24, 2.45) is 0 Å². The first kappa shape index (κ1) is 22.8. The smallest absolute Gasteiger partial charge is 0.355 e. The summed E-state index contributed by atoms with van der Waals surface area (Å²) < 4.78 is 38.2. The zero-order chi connectivity index (χ0) is 23.3. The molecule has 2 N–H and O–H groups in total. The molecule has 2 aromatic carbocycles. The largest absolute Gasteiger partial charge is 0.416 e. The van der Waals surface area contributed by atoms with Crippen molar-refractivity contribution < 1.29 is 22.9 Å². The van der Waals surface area contributed by atoms with Gasteiger partial charge in [-0.3, -0.25) is 14.9 Å². The number of amides is 1. The van der Waals surface area contributed by atoms with Crippen LogP contribution in [0.5, 0.6) is 0 Å². The molecule has 32 heavy (non-hydrogen) atoms. The second-order valence-corrected chi connectivity index (χ2v) is 7.05. The molecule has 1 aliphatic rings. The molecule has 0 unspecified atom stereocenters. The predicted octanol–water partition coefficient (Wildman–Crippen LogP) is 6.46. The average molecular weight is 443 g/mol. The van der Waals surface area contributed by atoms with Crippen LogP contribution in [-0.4, -0.2) is 10.8 Å². The molecule has 0 spiro atoms. The van der Waals surface area contributed by atoms with E-state index in [0.29, 0.717) is 11.4 Å². The van der Waals surface area contributed by atoms with E-state index in [0.717, 1.165) is 43.2 Å². The van der Waals surface area contributed by atoms with E-state index in [1.165, 1.54) is 17.7 Å². The van der Waals surface area contributed by atoms with Gasteiger partial charge in [0, 0.05) is 23.5 Å². The van der Waals surface area contributed by atoms with Gasteiger partial charge in [0.25, 0.3) is 11.6 Å². The second-order valence-electron chi connectivity index (χ2n) is 7.05. The number of alkyl halides is 3. The van der Waals surface area contributed by atoms with E-state index in [4.69, 9.17) is 0 Å². The summed E-state index contributed by atoms with van der Waals surface area (Å²) >= 11 is 0. The van der Waals surface area contributed by atoms with Crippen molar-refractivity contribution in [1.29, 1.82) is 0 Å². The number of benzene rings is 2. The Kier molecular flexibility index (Phi) is 6.77. The molecule has 166 valence electrons. The van der Waals surface area contributed by atoms with Crippen LogP contribution in [0.25, 0.3) is 0 Å². The summed E-state index contributed by atoms with van der Waals surface area (Å²) in [6, 6.07) is 7.75. The molecule has 0 fully saturated rings. The number of non-ortho nitro benzene ring substituents is 1. The number of nitrogens with zero attached hydrogens (tertiary/aromatic N) is 1. The predicted molar refractivity (Wildman–Crippen MR) is 116 cm³/mol. The van der Waals surface area contributed by atoms with Crippen molar-refractivity contribution in [3.63, 3.8) is 0 Å². The minimum atomic E-state index is -4.49. The van der Waals surface area contributed by atoms with Crippen LogP contribution in [0.2, 0.25) is 0 Å². The van der Waals surface area contributed by atoms with Gasteiger partial charge in [0.1, 0.15) is 0 Å². The van der Waals surface area contributed by atoms with Crippen LogP contribution in [0, 0.1) is 10.1 Å². The van der Waals surface area contributed by atoms with Crippen molar-refractivity contribution in [3.8, 4) is 0 Å². The fourth-order valence-electron chi connectivity index (χ4n) is 3.05. The highest BCUT2D eigenvalue weighted by atomic mass is 19.4. The highest BCUT2D eigenvalue weighted by Gasteiger charge is 2.30. The number of anilines is 2. The molecule has 0 aromatic heterocycles. The lowest BCUT2D eigenvalue weighted by Crippen LogP contribution is -2.15. The topological polar surface area (TPSA) is 84.3 Å². The van der Waals surface area contributed by atoms with Crippen molar-refractivity contribution in [3.05, 3.63) is 99.3 Å². The quantitative estimate of drug-likeness (QED) is 0.397. The number of nitrogens with one attached hydrogen (secondary N) is 2. The molecule has 9 heteroatoms. The van der Waals surface area contributed by atoms with Crippen LogP contribution in [-0.2, 0) is 6.18 Å². The van der Waals surface area contributed by atoms with Crippen molar-refractivity contribution in [2.75, 3.05) is 10.6 Å². The van der Waals surface area contributed by atoms with Gasteiger partial charge in [-0.15, -0.1) is 0 Å². The maximum atomic E-state index is 12.9. The normalized spacial score (nSPS) is 13.6. The molecule has 6 nitrogen and oxygen atoms in total. The lowest BCUT2D eigenvalue weighted by molar-refractivity contribution is -0.384. The van der Waals surface area contributed by atoms with Crippen LogP contribution < -0.4 is 10.6 Å². The number of halogens is 3. The number of carbonyl (C=O) groups is 1. The summed E-state index contributed by atoms with van der Waals surface area (Å²) in [5.41, 5.74) is 1.21. The maximum Gasteiger partial charge on any atom is 0.416 e. The molecule has 0 bridgehead atoms. The third kappa shape index (κ3) is 5.63. The Morgan fingerprint density at radius 1 is 1.12 bits per heavy atom. The van der Waals surface area contributed by atoms with Crippen LogP contribution in [0.3, 0.4) is 0 Å². The van der Waals surface area contributed by atoms with Gasteiger partial charge in [-0.2, -0.15) is 13.2 Å². The summed E-state index contributed by atoms with van der Waals surface area (Å²) in [6.07, 6.45) is 4.82. The van der Waals surface area contributed by atoms with Crippen LogP contribution in [0.1, 0.15) is 35.7 Å². The average Bonchev–Trinajstić information content (AvgIpc) is 2.98. The van der Waals surface area contributed by atoms with Crippen molar-refractivity contribution in [2.45, 2.75) is 25.9 Å². The Bertz CT molecular complexity index is 1120. The van der Waals surface area contributed by atoms with Gasteiger partial charge in [0.2, 0.25) is 0 Å². The van der Waals surface area contributed by atoms with E-state index in [1.807, 2.05) is 31.2 Å². The third-order valence-electron chi connectivity index (χ3n) is 4.84. The SMILES string of the molecule is CCC1=CC=C(Nc2ccc([N+](=O)[O-])cc2C(=O)Nc2ccc(C(F)(F)F)cc2)C=CC1. The number of rotatable bonds is 6. The maximum absolute atomic E-state index is 12.9. The molecule has 0 saturated carbocycles. The van der Waals surface area contributed by atoms with E-state index >= 15 is 0 Å². The highest BCUT2D eigenvalue weighted by Crippen LogP contribution is 2.30. The monoisotopic (exact) mass is 443 g/mol. The van der Waals surface area contributed by atoms with Gasteiger partial charge in [0.15, 0.2) is 0 Å². The molecular formula is C23H20F3N3O3. The molecule has 2 aromatic rings. The summed E-state index contributed by atoms with van der Waals surface area (Å²) in [6.45, 7) is 2.05. The number of hydrogen-bond acceptors (Lipinski definition) is 4. The first-order valence-electron chi connectivity index (χ1n) is 9.77. The first-order valence-corrected chi connectivity index (χ1v) is 9.77. The Hall–Kier alpha value is -3.88.